The van der Waals surface area contributed by atoms with Crippen molar-refractivity contribution in [3.05, 3.63) is 59.8 Å². The van der Waals surface area contributed by atoms with Crippen LogP contribution in [-0.2, 0) is 11.2 Å². The first-order chi connectivity index (χ1) is 15.0. The van der Waals surface area contributed by atoms with Crippen molar-refractivity contribution in [2.24, 2.45) is 5.92 Å². The van der Waals surface area contributed by atoms with Gasteiger partial charge in [0.2, 0.25) is 11.9 Å². The summed E-state index contributed by atoms with van der Waals surface area (Å²) in [6.07, 6.45) is 11.0. The number of aryl methyl sites for hydroxylation is 2. The summed E-state index contributed by atoms with van der Waals surface area (Å²) in [7, 11) is 0. The lowest BCUT2D eigenvalue weighted by molar-refractivity contribution is -0.127. The highest BCUT2D eigenvalue weighted by atomic mass is 16.2. The van der Waals surface area contributed by atoms with Crippen molar-refractivity contribution >= 4 is 23.7 Å². The van der Waals surface area contributed by atoms with E-state index in [4.69, 9.17) is 0 Å². The SMILES string of the molecule is Cc1cc(C)nc(Nc2cc(C[C@@H]3CCCN(C(=O)/C=C/c4cnc[nH]4)C3)ncn2)n1. The predicted octanol–water partition coefficient (Wildman–Crippen LogP) is 2.84. The Balaban J connectivity index is 1.37. The van der Waals surface area contributed by atoms with Crippen LogP contribution in [0.1, 0.15) is 35.6 Å². The zero-order valence-corrected chi connectivity index (χ0v) is 17.7. The Labute approximate surface area is 181 Å². The summed E-state index contributed by atoms with van der Waals surface area (Å²) in [5, 5.41) is 3.17. The van der Waals surface area contributed by atoms with Gasteiger partial charge in [-0.2, -0.15) is 0 Å². The van der Waals surface area contributed by atoms with Gasteiger partial charge in [-0.1, -0.05) is 0 Å². The fraction of sp³-hybridized carbons (Fsp3) is 0.364. The average molecular weight is 419 g/mol. The third kappa shape index (κ3) is 5.71. The van der Waals surface area contributed by atoms with E-state index in [0.29, 0.717) is 17.7 Å². The molecular formula is C22H26N8O. The fourth-order valence-electron chi connectivity index (χ4n) is 3.83. The minimum absolute atomic E-state index is 0.0244. The number of rotatable bonds is 6. The third-order valence-corrected chi connectivity index (χ3v) is 5.20. The van der Waals surface area contributed by atoms with Crippen molar-refractivity contribution in [2.45, 2.75) is 33.1 Å². The van der Waals surface area contributed by atoms with Gasteiger partial charge in [-0.05, 0) is 51.2 Å². The van der Waals surface area contributed by atoms with E-state index in [1.165, 1.54) is 0 Å². The van der Waals surface area contributed by atoms with E-state index in [1.54, 1.807) is 31.0 Å². The maximum Gasteiger partial charge on any atom is 0.246 e. The lowest BCUT2D eigenvalue weighted by Gasteiger charge is -2.32. The first-order valence-corrected chi connectivity index (χ1v) is 10.4. The quantitative estimate of drug-likeness (QED) is 0.592. The van der Waals surface area contributed by atoms with E-state index >= 15 is 0 Å². The largest absolute Gasteiger partial charge is 0.345 e. The van der Waals surface area contributed by atoms with Gasteiger partial charge in [-0.25, -0.2) is 24.9 Å². The molecule has 1 fully saturated rings. The monoisotopic (exact) mass is 418 g/mol. The van der Waals surface area contributed by atoms with E-state index in [-0.39, 0.29) is 5.91 Å². The summed E-state index contributed by atoms with van der Waals surface area (Å²) >= 11 is 0. The standard InChI is InChI=1S/C22H26N8O/c1-15-8-16(2)28-22(27-15)29-20-10-19(25-14-26-20)9-17-4-3-7-30(12-17)21(31)6-5-18-11-23-13-24-18/h5-6,8,10-11,13-14,17H,3-4,7,9,12H2,1-2H3,(H,23,24)(H,25,26,27,28,29)/b6-5+/t17-/m0/s1. The summed E-state index contributed by atoms with van der Waals surface area (Å²) in [6, 6.07) is 3.86. The number of H-pyrrole nitrogens is 1. The Morgan fingerprint density at radius 2 is 2.10 bits per heavy atom. The van der Waals surface area contributed by atoms with Crippen LogP contribution in [0, 0.1) is 19.8 Å². The molecule has 9 heteroatoms. The molecule has 4 rings (SSSR count). The highest BCUT2D eigenvalue weighted by molar-refractivity contribution is 5.91. The number of amides is 1. The van der Waals surface area contributed by atoms with Crippen LogP contribution in [0.2, 0.25) is 0 Å². The highest BCUT2D eigenvalue weighted by Gasteiger charge is 2.23. The van der Waals surface area contributed by atoms with E-state index in [1.807, 2.05) is 30.9 Å². The molecule has 0 aliphatic carbocycles. The molecule has 1 aliphatic rings. The van der Waals surface area contributed by atoms with Crippen LogP contribution >= 0.6 is 0 Å². The molecule has 1 saturated heterocycles. The molecule has 3 aromatic rings. The molecule has 1 aliphatic heterocycles. The van der Waals surface area contributed by atoms with E-state index < -0.39 is 0 Å². The Bertz CT molecular complexity index is 1040. The molecule has 0 bridgehead atoms. The van der Waals surface area contributed by atoms with Crippen molar-refractivity contribution in [3.8, 4) is 0 Å². The maximum atomic E-state index is 12.6. The smallest absolute Gasteiger partial charge is 0.246 e. The number of anilines is 2. The highest BCUT2D eigenvalue weighted by Crippen LogP contribution is 2.22. The number of imidazole rings is 1. The molecule has 2 N–H and O–H groups in total. The van der Waals surface area contributed by atoms with E-state index in [0.717, 1.165) is 55.1 Å². The van der Waals surface area contributed by atoms with Gasteiger partial charge < -0.3 is 15.2 Å². The molecule has 1 atom stereocenters. The topological polar surface area (TPSA) is 113 Å². The maximum absolute atomic E-state index is 12.6. The fourth-order valence-corrected chi connectivity index (χ4v) is 3.83. The molecule has 4 heterocycles. The van der Waals surface area contributed by atoms with Crippen molar-refractivity contribution in [2.75, 3.05) is 18.4 Å². The minimum atomic E-state index is 0.0244. The molecule has 0 aromatic carbocycles. The normalized spacial score (nSPS) is 16.6. The zero-order chi connectivity index (χ0) is 21.6. The molecule has 0 saturated carbocycles. The first kappa shape index (κ1) is 20.6. The van der Waals surface area contributed by atoms with Gasteiger partial charge in [0.25, 0.3) is 0 Å². The summed E-state index contributed by atoms with van der Waals surface area (Å²) < 4.78 is 0. The van der Waals surface area contributed by atoms with Crippen LogP contribution in [0.25, 0.3) is 6.08 Å². The number of nitrogens with one attached hydrogen (secondary N) is 2. The van der Waals surface area contributed by atoms with Crippen LogP contribution in [0.15, 0.2) is 37.1 Å². The summed E-state index contributed by atoms with van der Waals surface area (Å²) in [5.74, 6) is 1.58. The van der Waals surface area contributed by atoms with Gasteiger partial charge in [0.1, 0.15) is 12.1 Å². The molecule has 31 heavy (non-hydrogen) atoms. The summed E-state index contributed by atoms with van der Waals surface area (Å²) in [6.45, 7) is 5.37. The van der Waals surface area contributed by atoms with Crippen LogP contribution in [0.5, 0.6) is 0 Å². The summed E-state index contributed by atoms with van der Waals surface area (Å²) in [4.78, 5) is 38.9. The predicted molar refractivity (Wildman–Crippen MR) is 117 cm³/mol. The number of nitrogens with zero attached hydrogens (tertiary/aromatic N) is 6. The van der Waals surface area contributed by atoms with Crippen molar-refractivity contribution in [3.63, 3.8) is 0 Å². The van der Waals surface area contributed by atoms with E-state index in [9.17, 15) is 4.79 Å². The molecule has 0 spiro atoms. The van der Waals surface area contributed by atoms with Crippen LogP contribution in [0.4, 0.5) is 11.8 Å². The summed E-state index contributed by atoms with van der Waals surface area (Å²) in [5.41, 5.74) is 3.56. The van der Waals surface area contributed by atoms with Gasteiger partial charge in [-0.15, -0.1) is 0 Å². The molecule has 9 nitrogen and oxygen atoms in total. The van der Waals surface area contributed by atoms with Gasteiger partial charge in [0, 0.05) is 42.3 Å². The van der Waals surface area contributed by atoms with Crippen LogP contribution < -0.4 is 5.32 Å². The number of hydrogen-bond donors (Lipinski definition) is 2. The molecule has 160 valence electrons. The number of likely N-dealkylation sites (tertiary alicyclic amines) is 1. The average Bonchev–Trinajstić information content (AvgIpc) is 3.25. The number of aromatic nitrogens is 6. The van der Waals surface area contributed by atoms with Gasteiger partial charge >= 0.3 is 0 Å². The minimum Gasteiger partial charge on any atom is -0.345 e. The second-order valence-corrected chi connectivity index (χ2v) is 7.83. The van der Waals surface area contributed by atoms with Gasteiger partial charge in [0.05, 0.1) is 18.2 Å². The zero-order valence-electron chi connectivity index (χ0n) is 17.7. The Morgan fingerprint density at radius 3 is 2.87 bits per heavy atom. The third-order valence-electron chi connectivity index (χ3n) is 5.20. The molecule has 3 aromatic heterocycles. The lowest BCUT2D eigenvalue weighted by Crippen LogP contribution is -2.39. The molecule has 0 radical (unpaired) electrons. The van der Waals surface area contributed by atoms with Crippen LogP contribution in [-0.4, -0.2) is 53.8 Å². The lowest BCUT2D eigenvalue weighted by atomic mass is 9.93. The number of piperidine rings is 1. The Kier molecular flexibility index (Phi) is 6.30. The number of hydrogen-bond acceptors (Lipinski definition) is 7. The first-order valence-electron chi connectivity index (χ1n) is 10.4. The van der Waals surface area contributed by atoms with Crippen molar-refractivity contribution < 1.29 is 4.79 Å². The van der Waals surface area contributed by atoms with Crippen molar-refractivity contribution in [1.29, 1.82) is 0 Å². The number of carbonyl (C=O) groups is 1. The molecule has 0 unspecified atom stereocenters. The van der Waals surface area contributed by atoms with Gasteiger partial charge in [-0.3, -0.25) is 4.79 Å². The molecule has 1 amide bonds. The number of carbonyl (C=O) groups excluding carboxylic acids is 1. The Morgan fingerprint density at radius 1 is 1.26 bits per heavy atom. The number of aromatic amines is 1. The second kappa shape index (κ2) is 9.46. The molecular weight excluding hydrogens is 392 g/mol. The van der Waals surface area contributed by atoms with Crippen LogP contribution in [0.3, 0.4) is 0 Å². The Hall–Kier alpha value is -3.62. The van der Waals surface area contributed by atoms with Crippen molar-refractivity contribution in [1.82, 2.24) is 34.8 Å². The second-order valence-electron chi connectivity index (χ2n) is 7.83. The van der Waals surface area contributed by atoms with E-state index in [2.05, 4.69) is 35.2 Å². The van der Waals surface area contributed by atoms with Gasteiger partial charge in [0.15, 0.2) is 0 Å².